The van der Waals surface area contributed by atoms with Crippen LogP contribution in [0.3, 0.4) is 0 Å². The predicted molar refractivity (Wildman–Crippen MR) is 103 cm³/mol. The molecule has 0 fully saturated rings. The number of amides is 1. The molecule has 2 rings (SSSR count). The van der Waals surface area contributed by atoms with Gasteiger partial charge in [-0.05, 0) is 36.8 Å². The van der Waals surface area contributed by atoms with Gasteiger partial charge in [0.15, 0.2) is 0 Å². The van der Waals surface area contributed by atoms with E-state index < -0.39 is 22.7 Å². The summed E-state index contributed by atoms with van der Waals surface area (Å²) in [5, 5.41) is 2.26. The lowest BCUT2D eigenvalue weighted by atomic mass is 10.0. The van der Waals surface area contributed by atoms with E-state index in [9.17, 15) is 23.2 Å². The van der Waals surface area contributed by atoms with Crippen molar-refractivity contribution in [3.8, 4) is 16.9 Å². The van der Waals surface area contributed by atoms with Crippen molar-refractivity contribution < 1.29 is 27.9 Å². The van der Waals surface area contributed by atoms with E-state index in [4.69, 9.17) is 4.74 Å². The molecule has 0 saturated heterocycles. The van der Waals surface area contributed by atoms with Gasteiger partial charge in [0, 0.05) is 37.3 Å². The summed E-state index contributed by atoms with van der Waals surface area (Å²) < 4.78 is 32.3. The minimum Gasteiger partial charge on any atom is -0.426 e. The Labute approximate surface area is 165 Å². The van der Waals surface area contributed by atoms with Crippen molar-refractivity contribution in [3.05, 3.63) is 53.6 Å². The molecule has 28 heavy (non-hydrogen) atoms. The zero-order valence-electron chi connectivity index (χ0n) is 15.5. The fourth-order valence-corrected chi connectivity index (χ4v) is 3.29. The predicted octanol–water partition coefficient (Wildman–Crippen LogP) is 3.96. The number of carbonyl (C=O) groups is 3. The summed E-state index contributed by atoms with van der Waals surface area (Å²) in [5.41, 5.74) is 0.533. The van der Waals surface area contributed by atoms with Crippen LogP contribution in [0, 0.1) is 11.6 Å². The molecule has 0 radical (unpaired) electrons. The van der Waals surface area contributed by atoms with Crippen LogP contribution in [-0.2, 0) is 9.59 Å². The van der Waals surface area contributed by atoms with Crippen LogP contribution in [0.15, 0.2) is 36.4 Å². The SMILES string of the molecule is CC(=O)NC(C)CSC(=O)c1cc(-c2ccc(F)cc2F)ccc1OC(C)=O. The number of hydrogen-bond acceptors (Lipinski definition) is 5. The van der Waals surface area contributed by atoms with Gasteiger partial charge in [-0.1, -0.05) is 17.8 Å². The number of nitrogens with one attached hydrogen (secondary N) is 1. The first-order valence-corrected chi connectivity index (χ1v) is 9.38. The summed E-state index contributed by atoms with van der Waals surface area (Å²) in [6, 6.07) is 7.16. The fourth-order valence-electron chi connectivity index (χ4n) is 2.49. The van der Waals surface area contributed by atoms with Crippen LogP contribution in [0.25, 0.3) is 11.1 Å². The summed E-state index contributed by atoms with van der Waals surface area (Å²) in [5.74, 6) is -1.96. The molecule has 0 aromatic heterocycles. The van der Waals surface area contributed by atoms with Gasteiger partial charge in [-0.15, -0.1) is 0 Å². The molecule has 0 saturated carbocycles. The Hall–Kier alpha value is -2.74. The number of benzene rings is 2. The number of rotatable bonds is 6. The van der Waals surface area contributed by atoms with Crippen LogP contribution in [0.5, 0.6) is 5.75 Å². The van der Waals surface area contributed by atoms with Gasteiger partial charge in [0.2, 0.25) is 11.0 Å². The first kappa shape index (κ1) is 21.6. The Morgan fingerprint density at radius 1 is 1.11 bits per heavy atom. The summed E-state index contributed by atoms with van der Waals surface area (Å²) in [6.07, 6.45) is 0. The average molecular weight is 407 g/mol. The zero-order valence-corrected chi connectivity index (χ0v) is 16.4. The maximum absolute atomic E-state index is 14.1. The van der Waals surface area contributed by atoms with E-state index in [2.05, 4.69) is 5.32 Å². The van der Waals surface area contributed by atoms with E-state index >= 15 is 0 Å². The summed E-state index contributed by atoms with van der Waals surface area (Å²) in [7, 11) is 0. The van der Waals surface area contributed by atoms with E-state index in [0.29, 0.717) is 11.3 Å². The minimum atomic E-state index is -0.773. The van der Waals surface area contributed by atoms with Gasteiger partial charge >= 0.3 is 5.97 Å². The Bertz CT molecular complexity index is 917. The van der Waals surface area contributed by atoms with Gasteiger partial charge in [0.05, 0.1) is 5.56 Å². The van der Waals surface area contributed by atoms with Crippen LogP contribution in [0.2, 0.25) is 0 Å². The topological polar surface area (TPSA) is 72.5 Å². The molecule has 1 N–H and O–H groups in total. The third-order valence-corrected chi connectivity index (χ3v) is 4.76. The molecule has 1 unspecified atom stereocenters. The number of esters is 1. The van der Waals surface area contributed by atoms with E-state index in [1.54, 1.807) is 6.92 Å². The number of carbonyl (C=O) groups excluding carboxylic acids is 3. The maximum Gasteiger partial charge on any atom is 0.308 e. The average Bonchev–Trinajstić information content (AvgIpc) is 2.59. The van der Waals surface area contributed by atoms with E-state index in [-0.39, 0.29) is 28.8 Å². The number of thioether (sulfide) groups is 1. The maximum atomic E-state index is 14.1. The minimum absolute atomic E-state index is 0.0449. The van der Waals surface area contributed by atoms with Crippen LogP contribution in [-0.4, -0.2) is 28.8 Å². The monoisotopic (exact) mass is 407 g/mol. The lowest BCUT2D eigenvalue weighted by molar-refractivity contribution is -0.131. The Morgan fingerprint density at radius 2 is 1.82 bits per heavy atom. The molecular weight excluding hydrogens is 388 g/mol. The first-order chi connectivity index (χ1) is 13.2. The molecule has 2 aromatic carbocycles. The van der Waals surface area contributed by atoms with Crippen molar-refractivity contribution in [1.82, 2.24) is 5.32 Å². The van der Waals surface area contributed by atoms with Crippen LogP contribution >= 0.6 is 11.8 Å². The summed E-state index contributed by atoms with van der Waals surface area (Å²) >= 11 is 0.933. The van der Waals surface area contributed by atoms with Crippen molar-refractivity contribution in [3.63, 3.8) is 0 Å². The molecule has 2 aromatic rings. The second-order valence-electron chi connectivity index (χ2n) is 6.13. The van der Waals surface area contributed by atoms with Gasteiger partial charge < -0.3 is 10.1 Å². The fraction of sp³-hybridized carbons (Fsp3) is 0.250. The second kappa shape index (κ2) is 9.45. The lowest BCUT2D eigenvalue weighted by Gasteiger charge is -2.13. The van der Waals surface area contributed by atoms with Crippen molar-refractivity contribution >= 4 is 28.8 Å². The van der Waals surface area contributed by atoms with Crippen LogP contribution < -0.4 is 10.1 Å². The van der Waals surface area contributed by atoms with Gasteiger partial charge in [0.1, 0.15) is 17.4 Å². The molecule has 0 aliphatic heterocycles. The van der Waals surface area contributed by atoms with Gasteiger partial charge in [-0.2, -0.15) is 0 Å². The summed E-state index contributed by atoms with van der Waals surface area (Å²) in [4.78, 5) is 35.1. The van der Waals surface area contributed by atoms with Crippen LogP contribution in [0.1, 0.15) is 31.1 Å². The highest BCUT2D eigenvalue weighted by Gasteiger charge is 2.19. The van der Waals surface area contributed by atoms with E-state index in [0.717, 1.165) is 23.9 Å². The first-order valence-electron chi connectivity index (χ1n) is 8.39. The van der Waals surface area contributed by atoms with Gasteiger partial charge in [-0.3, -0.25) is 14.4 Å². The highest BCUT2D eigenvalue weighted by Crippen LogP contribution is 2.31. The Balaban J connectivity index is 2.34. The quantitative estimate of drug-likeness (QED) is 0.580. The van der Waals surface area contributed by atoms with Gasteiger partial charge in [-0.25, -0.2) is 8.78 Å². The molecule has 0 heterocycles. The Morgan fingerprint density at radius 3 is 2.43 bits per heavy atom. The largest absolute Gasteiger partial charge is 0.426 e. The zero-order chi connectivity index (χ0) is 20.8. The van der Waals surface area contributed by atoms with E-state index in [1.165, 1.54) is 38.1 Å². The molecule has 0 aliphatic rings. The van der Waals surface area contributed by atoms with Crippen LogP contribution in [0.4, 0.5) is 8.78 Å². The third-order valence-electron chi connectivity index (χ3n) is 3.61. The number of ether oxygens (including phenoxy) is 1. The molecular formula is C20H19F2NO4S. The highest BCUT2D eigenvalue weighted by molar-refractivity contribution is 8.14. The third kappa shape index (κ3) is 5.88. The number of halogens is 2. The van der Waals surface area contributed by atoms with Crippen molar-refractivity contribution in [2.45, 2.75) is 26.8 Å². The normalized spacial score (nSPS) is 11.6. The molecule has 148 valence electrons. The molecule has 8 heteroatoms. The molecule has 1 atom stereocenters. The summed E-state index contributed by atoms with van der Waals surface area (Å²) in [6.45, 7) is 4.33. The molecule has 0 aliphatic carbocycles. The standard InChI is InChI=1S/C20H19F2NO4S/c1-11(23-12(2)24)10-28-20(26)17-8-14(4-7-19(17)27-13(3)25)16-6-5-15(21)9-18(16)22/h4-9,11H,10H2,1-3H3,(H,23,24). The molecule has 0 bridgehead atoms. The number of hydrogen-bond donors (Lipinski definition) is 1. The molecule has 0 spiro atoms. The molecule has 1 amide bonds. The van der Waals surface area contributed by atoms with E-state index in [1.807, 2.05) is 0 Å². The second-order valence-corrected chi connectivity index (χ2v) is 7.12. The van der Waals surface area contributed by atoms with Gasteiger partial charge in [0.25, 0.3) is 0 Å². The van der Waals surface area contributed by atoms with Crippen molar-refractivity contribution in [1.29, 1.82) is 0 Å². The van der Waals surface area contributed by atoms with Crippen molar-refractivity contribution in [2.75, 3.05) is 5.75 Å². The highest BCUT2D eigenvalue weighted by atomic mass is 32.2. The molecule has 5 nitrogen and oxygen atoms in total. The Kier molecular flexibility index (Phi) is 7.28. The van der Waals surface area contributed by atoms with Crippen molar-refractivity contribution in [2.24, 2.45) is 0 Å². The lowest BCUT2D eigenvalue weighted by Crippen LogP contribution is -2.32. The smallest absolute Gasteiger partial charge is 0.308 e.